The zero-order chi connectivity index (χ0) is 16.9. The third kappa shape index (κ3) is 3.33. The number of hydrogen-bond donors (Lipinski definition) is 1. The normalized spacial score (nSPS) is 22.0. The van der Waals surface area contributed by atoms with Gasteiger partial charge in [-0.05, 0) is 48.2 Å². The molecule has 2 aliphatic rings. The second-order valence-corrected chi connectivity index (χ2v) is 6.65. The molecule has 2 bridgehead atoms. The van der Waals surface area contributed by atoms with Crippen molar-refractivity contribution in [1.29, 1.82) is 0 Å². The van der Waals surface area contributed by atoms with Gasteiger partial charge in [0.25, 0.3) is 5.56 Å². The summed E-state index contributed by atoms with van der Waals surface area (Å²) in [6.07, 6.45) is -3.29. The van der Waals surface area contributed by atoms with Crippen LogP contribution in [-0.2, 0) is 12.7 Å². The van der Waals surface area contributed by atoms with Crippen LogP contribution in [0.3, 0.4) is 0 Å². The predicted molar refractivity (Wildman–Crippen MR) is 92.1 cm³/mol. The van der Waals surface area contributed by atoms with Crippen molar-refractivity contribution in [1.82, 2.24) is 9.88 Å². The number of fused-ring (bicyclic) bond motifs is 4. The van der Waals surface area contributed by atoms with Crippen molar-refractivity contribution in [3.63, 3.8) is 0 Å². The lowest BCUT2D eigenvalue weighted by Crippen LogP contribution is -2.44. The van der Waals surface area contributed by atoms with E-state index >= 15 is 0 Å². The Morgan fingerprint density at radius 3 is 2.44 bits per heavy atom. The number of piperidine rings is 1. The molecule has 0 saturated carbocycles. The van der Waals surface area contributed by atoms with E-state index in [1.54, 1.807) is 0 Å². The largest absolute Gasteiger partial charge is 0.416 e. The van der Waals surface area contributed by atoms with E-state index in [0.717, 1.165) is 37.3 Å². The average molecular weight is 371 g/mol. The molecule has 2 aromatic rings. The summed E-state index contributed by atoms with van der Waals surface area (Å²) in [5.74, 6) is 0.769. The summed E-state index contributed by atoms with van der Waals surface area (Å²) < 4.78 is 39.9. The molecule has 0 spiro atoms. The van der Waals surface area contributed by atoms with Gasteiger partial charge in [-0.2, -0.15) is 13.2 Å². The first-order chi connectivity index (χ1) is 11.4. The van der Waals surface area contributed by atoms with Crippen LogP contribution < -0.4 is 10.9 Å². The first-order valence-corrected chi connectivity index (χ1v) is 8.05. The van der Waals surface area contributed by atoms with Crippen LogP contribution >= 0.6 is 12.4 Å². The minimum Gasteiger partial charge on any atom is -0.316 e. The molecule has 1 aromatic heterocycles. The summed E-state index contributed by atoms with van der Waals surface area (Å²) in [5.41, 5.74) is 1.55. The molecule has 1 saturated heterocycles. The number of hydrogen-bond acceptors (Lipinski definition) is 2. The molecule has 0 aliphatic carbocycles. The number of aromatic nitrogens is 1. The maximum absolute atomic E-state index is 12.7. The summed E-state index contributed by atoms with van der Waals surface area (Å²) in [6, 6.07) is 8.46. The Kier molecular flexibility index (Phi) is 4.68. The van der Waals surface area contributed by atoms with Crippen molar-refractivity contribution in [2.24, 2.45) is 5.92 Å². The third-order valence-corrected chi connectivity index (χ3v) is 5.01. The van der Waals surface area contributed by atoms with Crippen LogP contribution in [0.25, 0.3) is 11.1 Å². The van der Waals surface area contributed by atoms with Crippen LogP contribution in [0.15, 0.2) is 41.2 Å². The van der Waals surface area contributed by atoms with Crippen LogP contribution in [0, 0.1) is 5.92 Å². The lowest BCUT2D eigenvalue weighted by Gasteiger charge is -2.37. The highest BCUT2D eigenvalue weighted by molar-refractivity contribution is 5.85. The lowest BCUT2D eigenvalue weighted by atomic mass is 9.83. The number of halogens is 4. The fraction of sp³-hybridized carbons (Fsp3) is 0.389. The number of benzene rings is 1. The van der Waals surface area contributed by atoms with E-state index in [-0.39, 0.29) is 18.0 Å². The number of nitrogens with one attached hydrogen (secondary N) is 1. The van der Waals surface area contributed by atoms with Crippen LogP contribution in [0.2, 0.25) is 0 Å². The Labute approximate surface area is 149 Å². The summed E-state index contributed by atoms with van der Waals surface area (Å²) in [5, 5.41) is 3.39. The van der Waals surface area contributed by atoms with Crippen LogP contribution in [0.4, 0.5) is 13.2 Å². The van der Waals surface area contributed by atoms with Crippen molar-refractivity contribution in [2.45, 2.75) is 25.1 Å². The molecule has 3 nitrogen and oxygen atoms in total. The van der Waals surface area contributed by atoms with Gasteiger partial charge in [0.15, 0.2) is 0 Å². The molecule has 2 aliphatic heterocycles. The van der Waals surface area contributed by atoms with Crippen molar-refractivity contribution in [3.8, 4) is 11.1 Å². The maximum atomic E-state index is 12.7. The van der Waals surface area contributed by atoms with Crippen molar-refractivity contribution < 1.29 is 13.2 Å². The number of nitrogens with zero attached hydrogens (tertiary/aromatic N) is 1. The van der Waals surface area contributed by atoms with Gasteiger partial charge in [-0.15, -0.1) is 12.4 Å². The summed E-state index contributed by atoms with van der Waals surface area (Å²) in [6.45, 7) is 2.49. The molecule has 0 unspecified atom stereocenters. The van der Waals surface area contributed by atoms with Crippen molar-refractivity contribution in [2.75, 3.05) is 13.1 Å². The van der Waals surface area contributed by atoms with Crippen LogP contribution in [0.5, 0.6) is 0 Å². The smallest absolute Gasteiger partial charge is 0.316 e. The average Bonchev–Trinajstić information content (AvgIpc) is 2.55. The highest BCUT2D eigenvalue weighted by Gasteiger charge is 2.32. The highest BCUT2D eigenvalue weighted by atomic mass is 35.5. The van der Waals surface area contributed by atoms with Gasteiger partial charge in [0.2, 0.25) is 0 Å². The zero-order valence-electron chi connectivity index (χ0n) is 13.3. The highest BCUT2D eigenvalue weighted by Crippen LogP contribution is 2.35. The Balaban J connectivity index is 0.00000182. The van der Waals surface area contributed by atoms with Crippen molar-refractivity contribution in [3.05, 3.63) is 58.0 Å². The van der Waals surface area contributed by atoms with Crippen LogP contribution in [0.1, 0.15) is 23.6 Å². The topological polar surface area (TPSA) is 34.0 Å². The molecule has 3 heterocycles. The molecule has 1 aromatic carbocycles. The number of alkyl halides is 3. The minimum absolute atomic E-state index is 0. The van der Waals surface area contributed by atoms with E-state index in [4.69, 9.17) is 0 Å². The van der Waals surface area contributed by atoms with E-state index in [0.29, 0.717) is 29.5 Å². The molecule has 1 N–H and O–H groups in total. The number of rotatable bonds is 1. The molecule has 1 fully saturated rings. The lowest BCUT2D eigenvalue weighted by molar-refractivity contribution is -0.137. The SMILES string of the molecule is Cl.O=c1cc(-c2ccc(C(F)(F)F)cc2)cc2n1C[C@@H]1CNC[C@H]2C1. The first kappa shape index (κ1) is 18.0. The molecule has 2 atom stereocenters. The Morgan fingerprint density at radius 1 is 1.04 bits per heavy atom. The first-order valence-electron chi connectivity index (χ1n) is 8.05. The van der Waals surface area contributed by atoms with Gasteiger partial charge in [-0.3, -0.25) is 4.79 Å². The Morgan fingerprint density at radius 2 is 1.76 bits per heavy atom. The van der Waals surface area contributed by atoms with Gasteiger partial charge < -0.3 is 9.88 Å². The number of pyridine rings is 1. The Hall–Kier alpha value is -1.79. The molecule has 25 heavy (non-hydrogen) atoms. The molecule has 0 amide bonds. The third-order valence-electron chi connectivity index (χ3n) is 5.01. The standard InChI is InChI=1S/C18H17F3N2O.ClH/c19-18(20,21)15-3-1-12(2-4-15)13-6-16-14-5-11(8-22-9-14)10-23(16)17(24)7-13;/h1-4,6-7,11,14,22H,5,8-10H2;1H/t11-,14+;/m0./s1. The molecule has 0 radical (unpaired) electrons. The van der Waals surface area contributed by atoms with Gasteiger partial charge in [-0.1, -0.05) is 12.1 Å². The minimum atomic E-state index is -4.35. The van der Waals surface area contributed by atoms with Gasteiger partial charge in [0.1, 0.15) is 0 Å². The van der Waals surface area contributed by atoms with E-state index in [9.17, 15) is 18.0 Å². The monoisotopic (exact) mass is 370 g/mol. The summed E-state index contributed by atoms with van der Waals surface area (Å²) >= 11 is 0. The van der Waals surface area contributed by atoms with E-state index < -0.39 is 11.7 Å². The van der Waals surface area contributed by atoms with Gasteiger partial charge in [0.05, 0.1) is 5.56 Å². The quantitative estimate of drug-likeness (QED) is 0.831. The van der Waals surface area contributed by atoms with Crippen LogP contribution in [-0.4, -0.2) is 17.7 Å². The van der Waals surface area contributed by atoms with Gasteiger partial charge >= 0.3 is 6.18 Å². The summed E-state index contributed by atoms with van der Waals surface area (Å²) in [7, 11) is 0. The van der Waals surface area contributed by atoms with E-state index in [1.807, 2.05) is 10.6 Å². The maximum Gasteiger partial charge on any atom is 0.416 e. The second kappa shape index (κ2) is 6.50. The molecule has 4 rings (SSSR count). The Bertz CT molecular complexity index is 830. The molecule has 134 valence electrons. The van der Waals surface area contributed by atoms with E-state index in [1.165, 1.54) is 18.2 Å². The molecule has 7 heteroatoms. The summed E-state index contributed by atoms with van der Waals surface area (Å²) in [4.78, 5) is 12.5. The van der Waals surface area contributed by atoms with Crippen molar-refractivity contribution >= 4 is 12.4 Å². The molecular weight excluding hydrogens is 353 g/mol. The van der Waals surface area contributed by atoms with Gasteiger partial charge in [0, 0.05) is 30.8 Å². The predicted octanol–water partition coefficient (Wildman–Crippen LogP) is 3.66. The second-order valence-electron chi connectivity index (χ2n) is 6.65. The van der Waals surface area contributed by atoms with Gasteiger partial charge in [-0.25, -0.2) is 0 Å². The molecular formula is C18H18ClF3N2O. The fourth-order valence-corrected chi connectivity index (χ4v) is 3.82. The zero-order valence-corrected chi connectivity index (χ0v) is 14.2. The fourth-order valence-electron chi connectivity index (χ4n) is 3.82. The van der Waals surface area contributed by atoms with E-state index in [2.05, 4.69) is 5.32 Å².